The van der Waals surface area contributed by atoms with Crippen LogP contribution in [0.25, 0.3) is 0 Å². The highest BCUT2D eigenvalue weighted by Crippen LogP contribution is 2.25. The Kier molecular flexibility index (Phi) is 3.44. The minimum atomic E-state index is -0.108. The van der Waals surface area contributed by atoms with Gasteiger partial charge in [0.15, 0.2) is 5.82 Å². The first kappa shape index (κ1) is 14.7. The molecule has 4 heterocycles. The van der Waals surface area contributed by atoms with Gasteiger partial charge in [0.2, 0.25) is 5.89 Å². The molecule has 0 saturated carbocycles. The Hall–Kier alpha value is -2.90. The maximum Gasteiger partial charge on any atom is 0.257 e. The van der Waals surface area contributed by atoms with E-state index in [-0.39, 0.29) is 11.8 Å². The van der Waals surface area contributed by atoms with E-state index < -0.39 is 0 Å². The first-order chi connectivity index (χ1) is 11.6. The van der Waals surface area contributed by atoms with Gasteiger partial charge < -0.3 is 13.8 Å². The largest absolute Gasteiger partial charge is 0.469 e. The third-order valence-electron chi connectivity index (χ3n) is 4.26. The van der Waals surface area contributed by atoms with Gasteiger partial charge in [-0.3, -0.25) is 9.48 Å². The fourth-order valence-corrected chi connectivity index (χ4v) is 3.02. The Morgan fingerprint density at radius 1 is 1.29 bits per heavy atom. The van der Waals surface area contributed by atoms with Crippen LogP contribution >= 0.6 is 0 Å². The standard InChI is InChI=1S/C16H17N5O3/c1-10-14(4-6-23-10)16(22)20-7-12(15-18-11(2)19-24-15)8-21-13(9-20)3-5-17-21/h3-6,12H,7-9H2,1-2H3. The molecule has 124 valence electrons. The van der Waals surface area contributed by atoms with E-state index in [1.54, 1.807) is 31.0 Å². The predicted octanol–water partition coefficient (Wildman–Crippen LogP) is 1.92. The number of hydrogen-bond acceptors (Lipinski definition) is 6. The van der Waals surface area contributed by atoms with Crippen molar-refractivity contribution in [2.45, 2.75) is 32.9 Å². The first-order valence-electron chi connectivity index (χ1n) is 7.76. The van der Waals surface area contributed by atoms with Crippen LogP contribution in [0.15, 0.2) is 33.5 Å². The number of aryl methyl sites for hydroxylation is 2. The van der Waals surface area contributed by atoms with E-state index in [2.05, 4.69) is 15.2 Å². The highest BCUT2D eigenvalue weighted by atomic mass is 16.5. The number of nitrogens with zero attached hydrogens (tertiary/aromatic N) is 5. The van der Waals surface area contributed by atoms with Crippen LogP contribution in [-0.4, -0.2) is 37.3 Å². The van der Waals surface area contributed by atoms with Crippen molar-refractivity contribution in [3.63, 3.8) is 0 Å². The number of carbonyl (C=O) groups is 1. The normalized spacial score (nSPS) is 17.6. The molecule has 1 amide bonds. The molecule has 0 saturated heterocycles. The van der Waals surface area contributed by atoms with Gasteiger partial charge in [-0.1, -0.05) is 5.16 Å². The number of furan rings is 1. The molecule has 0 spiro atoms. The molecule has 0 aromatic carbocycles. The van der Waals surface area contributed by atoms with Crippen LogP contribution in [0.2, 0.25) is 0 Å². The molecule has 1 aliphatic heterocycles. The maximum absolute atomic E-state index is 12.9. The van der Waals surface area contributed by atoms with E-state index in [9.17, 15) is 4.79 Å². The summed E-state index contributed by atoms with van der Waals surface area (Å²) in [7, 11) is 0. The Balaban J connectivity index is 1.69. The van der Waals surface area contributed by atoms with Gasteiger partial charge in [0.05, 0.1) is 36.5 Å². The molecular weight excluding hydrogens is 310 g/mol. The molecule has 0 fully saturated rings. The Morgan fingerprint density at radius 2 is 2.17 bits per heavy atom. The lowest BCUT2D eigenvalue weighted by Crippen LogP contribution is -2.33. The molecule has 3 aromatic rings. The van der Waals surface area contributed by atoms with Crippen molar-refractivity contribution in [3.05, 3.63) is 53.3 Å². The molecule has 1 atom stereocenters. The van der Waals surface area contributed by atoms with Crippen LogP contribution in [0.1, 0.15) is 39.4 Å². The quantitative estimate of drug-likeness (QED) is 0.714. The average molecular weight is 327 g/mol. The van der Waals surface area contributed by atoms with Crippen molar-refractivity contribution < 1.29 is 13.7 Å². The van der Waals surface area contributed by atoms with Crippen molar-refractivity contribution in [2.24, 2.45) is 0 Å². The van der Waals surface area contributed by atoms with E-state index in [0.717, 1.165) is 5.69 Å². The van der Waals surface area contributed by atoms with Gasteiger partial charge in [0.1, 0.15) is 5.76 Å². The monoisotopic (exact) mass is 327 g/mol. The molecule has 0 radical (unpaired) electrons. The number of fused-ring (bicyclic) bond motifs is 1. The van der Waals surface area contributed by atoms with Crippen LogP contribution in [0, 0.1) is 13.8 Å². The summed E-state index contributed by atoms with van der Waals surface area (Å²) < 4.78 is 12.5. The summed E-state index contributed by atoms with van der Waals surface area (Å²) >= 11 is 0. The van der Waals surface area contributed by atoms with Crippen LogP contribution in [0.5, 0.6) is 0 Å². The smallest absolute Gasteiger partial charge is 0.257 e. The van der Waals surface area contributed by atoms with Gasteiger partial charge in [-0.25, -0.2) is 0 Å². The summed E-state index contributed by atoms with van der Waals surface area (Å²) in [4.78, 5) is 19.0. The van der Waals surface area contributed by atoms with Gasteiger partial charge in [-0.2, -0.15) is 10.1 Å². The summed E-state index contributed by atoms with van der Waals surface area (Å²) in [5, 5.41) is 8.21. The third kappa shape index (κ3) is 2.49. The Morgan fingerprint density at radius 3 is 2.88 bits per heavy atom. The molecule has 8 heteroatoms. The highest BCUT2D eigenvalue weighted by Gasteiger charge is 2.31. The van der Waals surface area contributed by atoms with Gasteiger partial charge in [0.25, 0.3) is 5.91 Å². The van der Waals surface area contributed by atoms with Crippen molar-refractivity contribution in [1.82, 2.24) is 24.8 Å². The molecule has 0 bridgehead atoms. The summed E-state index contributed by atoms with van der Waals surface area (Å²) in [5.74, 6) is 1.54. The molecule has 0 aliphatic carbocycles. The molecule has 8 nitrogen and oxygen atoms in total. The molecule has 4 rings (SSSR count). The fraction of sp³-hybridized carbons (Fsp3) is 0.375. The van der Waals surface area contributed by atoms with E-state index in [0.29, 0.717) is 42.7 Å². The van der Waals surface area contributed by atoms with Gasteiger partial charge >= 0.3 is 0 Å². The lowest BCUT2D eigenvalue weighted by Gasteiger charge is -2.22. The molecule has 0 N–H and O–H groups in total. The molecule has 24 heavy (non-hydrogen) atoms. The lowest BCUT2D eigenvalue weighted by molar-refractivity contribution is 0.0730. The Bertz CT molecular complexity index is 878. The van der Waals surface area contributed by atoms with Gasteiger partial charge in [-0.05, 0) is 26.0 Å². The van der Waals surface area contributed by atoms with Crippen molar-refractivity contribution in [3.8, 4) is 0 Å². The van der Waals surface area contributed by atoms with Gasteiger partial charge in [-0.15, -0.1) is 0 Å². The topological polar surface area (TPSA) is 90.2 Å². The second kappa shape index (κ2) is 5.63. The lowest BCUT2D eigenvalue weighted by atomic mass is 10.1. The summed E-state index contributed by atoms with van der Waals surface area (Å²) in [6.07, 6.45) is 3.27. The summed E-state index contributed by atoms with van der Waals surface area (Å²) in [5.41, 5.74) is 1.55. The summed E-state index contributed by atoms with van der Waals surface area (Å²) in [6, 6.07) is 3.62. The minimum absolute atomic E-state index is 0.0721. The highest BCUT2D eigenvalue weighted by molar-refractivity contribution is 5.95. The third-order valence-corrected chi connectivity index (χ3v) is 4.26. The fourth-order valence-electron chi connectivity index (χ4n) is 3.02. The predicted molar refractivity (Wildman–Crippen MR) is 82.2 cm³/mol. The van der Waals surface area contributed by atoms with Gasteiger partial charge in [0, 0.05) is 12.7 Å². The van der Waals surface area contributed by atoms with Crippen LogP contribution in [-0.2, 0) is 13.1 Å². The average Bonchev–Trinajstić information content (AvgIpc) is 3.26. The maximum atomic E-state index is 12.9. The number of rotatable bonds is 2. The molecular formula is C16H17N5O3. The Labute approximate surface area is 138 Å². The minimum Gasteiger partial charge on any atom is -0.469 e. The van der Waals surface area contributed by atoms with Crippen LogP contribution in [0.3, 0.4) is 0 Å². The van der Waals surface area contributed by atoms with Crippen molar-refractivity contribution in [2.75, 3.05) is 6.54 Å². The zero-order valence-electron chi connectivity index (χ0n) is 13.5. The van der Waals surface area contributed by atoms with E-state index in [1.165, 1.54) is 6.26 Å². The number of aromatic nitrogens is 4. The van der Waals surface area contributed by atoms with E-state index >= 15 is 0 Å². The zero-order valence-corrected chi connectivity index (χ0v) is 13.5. The van der Waals surface area contributed by atoms with Crippen LogP contribution < -0.4 is 0 Å². The van der Waals surface area contributed by atoms with E-state index in [1.807, 2.05) is 10.7 Å². The van der Waals surface area contributed by atoms with Crippen molar-refractivity contribution in [1.29, 1.82) is 0 Å². The molecule has 1 aliphatic rings. The van der Waals surface area contributed by atoms with E-state index in [4.69, 9.17) is 8.94 Å². The second-order valence-electron chi connectivity index (χ2n) is 5.96. The number of carbonyl (C=O) groups excluding carboxylic acids is 1. The SMILES string of the molecule is Cc1noc(C2CN(C(=O)c3ccoc3C)Cc3ccnn3C2)n1. The molecule has 3 aromatic heterocycles. The number of amides is 1. The first-order valence-corrected chi connectivity index (χ1v) is 7.76. The van der Waals surface area contributed by atoms with Crippen molar-refractivity contribution >= 4 is 5.91 Å². The zero-order chi connectivity index (χ0) is 16.7. The summed E-state index contributed by atoms with van der Waals surface area (Å²) in [6.45, 7) is 5.12. The van der Waals surface area contributed by atoms with Crippen LogP contribution in [0.4, 0.5) is 0 Å². The number of hydrogen-bond donors (Lipinski definition) is 0. The molecule has 1 unspecified atom stereocenters. The second-order valence-corrected chi connectivity index (χ2v) is 5.96.